The molecule has 1 aromatic rings. The second-order valence-electron chi connectivity index (χ2n) is 4.21. The van der Waals surface area contributed by atoms with Gasteiger partial charge in [0.25, 0.3) is 5.91 Å². The summed E-state index contributed by atoms with van der Waals surface area (Å²) in [5.41, 5.74) is 0.653. The van der Waals surface area contributed by atoms with Crippen LogP contribution in [0.1, 0.15) is 10.4 Å². The lowest BCUT2D eigenvalue weighted by Gasteiger charge is -2.27. The fourth-order valence-electron chi connectivity index (χ4n) is 1.55. The standard InChI is InChI=1S/C10H12BrN3O.C2HF3O2/c11-9-2-1-8(7-13-9)10(15)14-5-3-12-4-6-14;3-2(4,5)1(6)7/h1-2,7,12H,3-6H2;(H,6,7). The van der Waals surface area contributed by atoms with E-state index in [-0.39, 0.29) is 5.91 Å². The van der Waals surface area contributed by atoms with Gasteiger partial charge in [-0.15, -0.1) is 0 Å². The maximum absolute atomic E-state index is 12.0. The van der Waals surface area contributed by atoms with E-state index >= 15 is 0 Å². The predicted molar refractivity (Wildman–Crippen MR) is 74.4 cm³/mol. The van der Waals surface area contributed by atoms with Crippen LogP contribution in [-0.2, 0) is 4.79 Å². The molecule has 1 aliphatic heterocycles. The molecule has 0 aromatic carbocycles. The van der Waals surface area contributed by atoms with Gasteiger partial charge in [0.05, 0.1) is 5.56 Å². The van der Waals surface area contributed by atoms with E-state index in [1.807, 2.05) is 4.90 Å². The Labute approximate surface area is 132 Å². The van der Waals surface area contributed by atoms with Gasteiger partial charge in [-0.1, -0.05) is 0 Å². The van der Waals surface area contributed by atoms with Gasteiger partial charge in [-0.3, -0.25) is 4.79 Å². The third-order valence-electron chi connectivity index (χ3n) is 2.62. The van der Waals surface area contributed by atoms with Gasteiger partial charge in [0.2, 0.25) is 0 Å². The maximum Gasteiger partial charge on any atom is 0.490 e. The van der Waals surface area contributed by atoms with Crippen LogP contribution in [0.3, 0.4) is 0 Å². The number of aromatic nitrogens is 1. The first kappa shape index (κ1) is 18.4. The van der Waals surface area contributed by atoms with Crippen LogP contribution in [0.4, 0.5) is 13.2 Å². The summed E-state index contributed by atoms with van der Waals surface area (Å²) in [6.07, 6.45) is -3.48. The summed E-state index contributed by atoms with van der Waals surface area (Å²) in [6, 6.07) is 3.58. The van der Waals surface area contributed by atoms with Gasteiger partial charge in [-0.2, -0.15) is 13.2 Å². The van der Waals surface area contributed by atoms with Gasteiger partial charge in [0, 0.05) is 32.4 Å². The SMILES string of the molecule is O=C(O)C(F)(F)F.O=C(c1ccc(Br)nc1)N1CCNCC1. The van der Waals surface area contributed by atoms with E-state index in [1.165, 1.54) is 0 Å². The summed E-state index contributed by atoms with van der Waals surface area (Å²) in [6.45, 7) is 3.29. The summed E-state index contributed by atoms with van der Waals surface area (Å²) in [4.78, 5) is 26.7. The third-order valence-corrected chi connectivity index (χ3v) is 3.09. The molecule has 1 saturated heterocycles. The van der Waals surface area contributed by atoms with E-state index in [1.54, 1.807) is 18.3 Å². The third kappa shape index (κ3) is 5.98. The highest BCUT2D eigenvalue weighted by atomic mass is 79.9. The highest BCUT2D eigenvalue weighted by Crippen LogP contribution is 2.13. The average Bonchev–Trinajstić information content (AvgIpc) is 2.48. The Morgan fingerprint density at radius 3 is 2.23 bits per heavy atom. The highest BCUT2D eigenvalue weighted by Gasteiger charge is 2.38. The number of rotatable bonds is 1. The summed E-state index contributed by atoms with van der Waals surface area (Å²) in [5, 5.41) is 10.3. The fraction of sp³-hybridized carbons (Fsp3) is 0.417. The summed E-state index contributed by atoms with van der Waals surface area (Å²) < 4.78 is 32.5. The lowest BCUT2D eigenvalue weighted by atomic mass is 10.2. The Kier molecular flexibility index (Phi) is 6.75. The van der Waals surface area contributed by atoms with E-state index in [0.29, 0.717) is 5.56 Å². The Morgan fingerprint density at radius 2 is 1.82 bits per heavy atom. The molecule has 0 bridgehead atoms. The van der Waals surface area contributed by atoms with Crippen molar-refractivity contribution in [1.82, 2.24) is 15.2 Å². The maximum atomic E-state index is 12.0. The van der Waals surface area contributed by atoms with Crippen molar-refractivity contribution in [3.05, 3.63) is 28.5 Å². The number of piperazine rings is 1. The number of aliphatic carboxylic acids is 1. The van der Waals surface area contributed by atoms with Crippen molar-refractivity contribution in [3.63, 3.8) is 0 Å². The van der Waals surface area contributed by atoms with Crippen LogP contribution in [0.5, 0.6) is 0 Å². The van der Waals surface area contributed by atoms with E-state index < -0.39 is 12.1 Å². The number of hydrogen-bond donors (Lipinski definition) is 2. The van der Waals surface area contributed by atoms with Crippen molar-refractivity contribution in [1.29, 1.82) is 0 Å². The number of carbonyl (C=O) groups is 2. The average molecular weight is 384 g/mol. The first-order valence-electron chi connectivity index (χ1n) is 6.13. The highest BCUT2D eigenvalue weighted by molar-refractivity contribution is 9.10. The molecule has 0 unspecified atom stereocenters. The largest absolute Gasteiger partial charge is 0.490 e. The Morgan fingerprint density at radius 1 is 1.27 bits per heavy atom. The molecule has 10 heteroatoms. The minimum Gasteiger partial charge on any atom is -0.475 e. The number of carboxylic acids is 1. The van der Waals surface area contributed by atoms with Gasteiger partial charge in [0.1, 0.15) is 4.60 Å². The molecule has 0 radical (unpaired) electrons. The second-order valence-corrected chi connectivity index (χ2v) is 5.03. The number of nitrogens with zero attached hydrogens (tertiary/aromatic N) is 2. The number of hydrogen-bond acceptors (Lipinski definition) is 4. The second kappa shape index (κ2) is 8.08. The van der Waals surface area contributed by atoms with Crippen molar-refractivity contribution in [2.75, 3.05) is 26.2 Å². The Balaban J connectivity index is 0.000000295. The predicted octanol–water partition coefficient (Wildman–Crippen LogP) is 1.52. The molecule has 0 spiro atoms. The first-order chi connectivity index (χ1) is 10.2. The van der Waals surface area contributed by atoms with E-state index in [2.05, 4.69) is 26.2 Å². The number of carbonyl (C=O) groups excluding carboxylic acids is 1. The fourth-order valence-corrected chi connectivity index (χ4v) is 1.79. The van der Waals surface area contributed by atoms with Crippen molar-refractivity contribution in [2.45, 2.75) is 6.18 Å². The Hall–Kier alpha value is -1.68. The molecule has 2 heterocycles. The molecular formula is C12H13BrF3N3O3. The summed E-state index contributed by atoms with van der Waals surface area (Å²) in [5.74, 6) is -2.69. The molecule has 22 heavy (non-hydrogen) atoms. The first-order valence-corrected chi connectivity index (χ1v) is 6.93. The number of halogens is 4. The van der Waals surface area contributed by atoms with Crippen LogP contribution in [0.15, 0.2) is 22.9 Å². The monoisotopic (exact) mass is 383 g/mol. The number of amides is 1. The smallest absolute Gasteiger partial charge is 0.475 e. The summed E-state index contributed by atoms with van der Waals surface area (Å²) in [7, 11) is 0. The minimum atomic E-state index is -5.08. The van der Waals surface area contributed by atoms with Crippen LogP contribution >= 0.6 is 15.9 Å². The van der Waals surface area contributed by atoms with Crippen LogP contribution < -0.4 is 5.32 Å². The molecule has 6 nitrogen and oxygen atoms in total. The molecule has 122 valence electrons. The normalized spacial score (nSPS) is 14.8. The number of nitrogens with one attached hydrogen (secondary N) is 1. The molecule has 0 saturated carbocycles. The van der Waals surface area contributed by atoms with E-state index in [4.69, 9.17) is 9.90 Å². The molecule has 1 fully saturated rings. The molecule has 1 aromatic heterocycles. The van der Waals surface area contributed by atoms with Crippen LogP contribution in [0, 0.1) is 0 Å². The molecule has 1 amide bonds. The zero-order valence-corrected chi connectivity index (χ0v) is 12.8. The number of alkyl halides is 3. The van der Waals surface area contributed by atoms with Gasteiger partial charge < -0.3 is 15.3 Å². The zero-order valence-electron chi connectivity index (χ0n) is 11.2. The molecule has 0 aliphatic carbocycles. The number of pyridine rings is 1. The van der Waals surface area contributed by atoms with Crippen LogP contribution in [0.2, 0.25) is 0 Å². The summed E-state index contributed by atoms with van der Waals surface area (Å²) >= 11 is 3.24. The van der Waals surface area contributed by atoms with E-state index in [0.717, 1.165) is 30.8 Å². The molecule has 0 atom stereocenters. The molecule has 2 rings (SSSR count). The zero-order chi connectivity index (χ0) is 16.8. The van der Waals surface area contributed by atoms with E-state index in [9.17, 15) is 18.0 Å². The van der Waals surface area contributed by atoms with Gasteiger partial charge in [-0.05, 0) is 28.1 Å². The minimum absolute atomic E-state index is 0.0662. The lowest BCUT2D eigenvalue weighted by molar-refractivity contribution is -0.192. The van der Waals surface area contributed by atoms with Gasteiger partial charge in [0.15, 0.2) is 0 Å². The quantitative estimate of drug-likeness (QED) is 0.718. The molecule has 1 aliphatic rings. The van der Waals surface area contributed by atoms with Gasteiger partial charge in [-0.25, -0.2) is 9.78 Å². The molecule has 2 N–H and O–H groups in total. The molecular weight excluding hydrogens is 371 g/mol. The van der Waals surface area contributed by atoms with Gasteiger partial charge >= 0.3 is 12.1 Å². The van der Waals surface area contributed by atoms with Crippen LogP contribution in [-0.4, -0.2) is 59.2 Å². The Bertz CT molecular complexity index is 517. The van der Waals surface area contributed by atoms with Crippen molar-refractivity contribution in [3.8, 4) is 0 Å². The van der Waals surface area contributed by atoms with Crippen molar-refractivity contribution < 1.29 is 27.9 Å². The topological polar surface area (TPSA) is 82.5 Å². The van der Waals surface area contributed by atoms with Crippen molar-refractivity contribution >= 4 is 27.8 Å². The van der Waals surface area contributed by atoms with Crippen molar-refractivity contribution in [2.24, 2.45) is 0 Å². The van der Waals surface area contributed by atoms with Crippen LogP contribution in [0.25, 0.3) is 0 Å². The lowest BCUT2D eigenvalue weighted by Crippen LogP contribution is -2.46. The number of carboxylic acid groups (broad SMARTS) is 1.